The number of hydrogen-bond donors (Lipinski definition) is 2. The van der Waals surface area contributed by atoms with Crippen LogP contribution in [0.25, 0.3) is 0 Å². The maximum absolute atomic E-state index is 11.6. The molecule has 20 heavy (non-hydrogen) atoms. The van der Waals surface area contributed by atoms with Crippen LogP contribution in [0.3, 0.4) is 0 Å². The number of nitrogens with one attached hydrogen (secondary N) is 2. The van der Waals surface area contributed by atoms with Crippen LogP contribution < -0.4 is 10.6 Å². The Morgan fingerprint density at radius 3 is 2.70 bits per heavy atom. The Kier molecular flexibility index (Phi) is 5.80. The highest BCUT2D eigenvalue weighted by Gasteiger charge is 2.22. The number of methoxy groups -OCH3 is 1. The summed E-state index contributed by atoms with van der Waals surface area (Å²) in [6, 6.07) is 6.64. The lowest BCUT2D eigenvalue weighted by Gasteiger charge is -2.30. The van der Waals surface area contributed by atoms with E-state index in [2.05, 4.69) is 15.6 Å². The van der Waals surface area contributed by atoms with Gasteiger partial charge in [0, 0.05) is 31.8 Å². The molecule has 0 spiro atoms. The van der Waals surface area contributed by atoms with E-state index in [0.717, 1.165) is 31.5 Å². The largest absolute Gasteiger partial charge is 0.384 e. The maximum atomic E-state index is 11.6. The molecule has 0 aromatic carbocycles. The summed E-state index contributed by atoms with van der Waals surface area (Å²) in [5.41, 5.74) is 0. The van der Waals surface area contributed by atoms with Crippen LogP contribution in [0.1, 0.15) is 32.1 Å². The van der Waals surface area contributed by atoms with E-state index in [4.69, 9.17) is 4.74 Å². The van der Waals surface area contributed by atoms with E-state index >= 15 is 0 Å². The second kappa shape index (κ2) is 7.85. The van der Waals surface area contributed by atoms with Crippen molar-refractivity contribution in [1.82, 2.24) is 10.3 Å². The first-order chi connectivity index (χ1) is 9.78. The van der Waals surface area contributed by atoms with Gasteiger partial charge in [-0.15, -0.1) is 0 Å². The van der Waals surface area contributed by atoms with Gasteiger partial charge >= 0.3 is 0 Å². The number of carbonyl (C=O) groups is 1. The summed E-state index contributed by atoms with van der Waals surface area (Å²) in [7, 11) is 1.61. The molecule has 0 atom stereocenters. The molecule has 5 nitrogen and oxygen atoms in total. The van der Waals surface area contributed by atoms with Gasteiger partial charge in [-0.25, -0.2) is 4.98 Å². The number of anilines is 1. The smallest absolute Gasteiger partial charge is 0.222 e. The molecule has 1 heterocycles. The van der Waals surface area contributed by atoms with Crippen molar-refractivity contribution in [1.29, 1.82) is 0 Å². The summed E-state index contributed by atoms with van der Waals surface area (Å²) >= 11 is 0. The van der Waals surface area contributed by atoms with Crippen molar-refractivity contribution < 1.29 is 9.53 Å². The monoisotopic (exact) mass is 277 g/mol. The van der Waals surface area contributed by atoms with Gasteiger partial charge in [0.05, 0.1) is 6.61 Å². The number of aromatic nitrogens is 1. The first-order valence-electron chi connectivity index (χ1n) is 7.24. The zero-order valence-corrected chi connectivity index (χ0v) is 12.0. The molecule has 1 aromatic rings. The molecule has 1 fully saturated rings. The summed E-state index contributed by atoms with van der Waals surface area (Å²) in [6.45, 7) is 0.489. The fourth-order valence-electron chi connectivity index (χ4n) is 2.53. The van der Waals surface area contributed by atoms with Crippen molar-refractivity contribution >= 4 is 11.7 Å². The third kappa shape index (κ3) is 4.81. The number of carbonyl (C=O) groups excluding carboxylic acids is 1. The lowest BCUT2D eigenvalue weighted by molar-refractivity contribution is -0.122. The summed E-state index contributed by atoms with van der Waals surface area (Å²) in [6.07, 6.45) is 6.40. The van der Waals surface area contributed by atoms with E-state index < -0.39 is 0 Å². The van der Waals surface area contributed by atoms with Crippen molar-refractivity contribution in [3.05, 3.63) is 24.4 Å². The Bertz CT molecular complexity index is 403. The third-order valence-electron chi connectivity index (χ3n) is 3.64. The minimum atomic E-state index is 0.0907. The van der Waals surface area contributed by atoms with Gasteiger partial charge in [0.1, 0.15) is 5.82 Å². The van der Waals surface area contributed by atoms with Crippen LogP contribution >= 0.6 is 0 Å². The zero-order chi connectivity index (χ0) is 14.2. The van der Waals surface area contributed by atoms with Gasteiger partial charge in [-0.1, -0.05) is 6.07 Å². The van der Waals surface area contributed by atoms with Crippen molar-refractivity contribution in [3.8, 4) is 0 Å². The first-order valence-corrected chi connectivity index (χ1v) is 7.24. The van der Waals surface area contributed by atoms with E-state index in [1.54, 1.807) is 13.3 Å². The Morgan fingerprint density at radius 2 is 2.05 bits per heavy atom. The van der Waals surface area contributed by atoms with Crippen LogP contribution in [0.15, 0.2) is 24.4 Å². The van der Waals surface area contributed by atoms with Gasteiger partial charge in [-0.3, -0.25) is 4.79 Å². The molecule has 110 valence electrons. The molecule has 0 bridgehead atoms. The average molecular weight is 277 g/mol. The summed E-state index contributed by atoms with van der Waals surface area (Å²) in [4.78, 5) is 15.9. The Morgan fingerprint density at radius 1 is 1.30 bits per heavy atom. The number of amides is 1. The first kappa shape index (κ1) is 14.8. The third-order valence-corrected chi connectivity index (χ3v) is 3.64. The summed E-state index contributed by atoms with van der Waals surface area (Å²) in [5, 5.41) is 6.52. The molecule has 1 aromatic heterocycles. The molecular formula is C15H23N3O2. The lowest BCUT2D eigenvalue weighted by Crippen LogP contribution is -2.40. The number of rotatable bonds is 6. The topological polar surface area (TPSA) is 63.2 Å². The average Bonchev–Trinajstić information content (AvgIpc) is 2.48. The van der Waals surface area contributed by atoms with Crippen molar-refractivity contribution in [2.75, 3.05) is 19.0 Å². The summed E-state index contributed by atoms with van der Waals surface area (Å²) < 4.78 is 4.91. The molecule has 0 radical (unpaired) electrons. The Labute approximate surface area is 120 Å². The van der Waals surface area contributed by atoms with Gasteiger partial charge in [0.2, 0.25) is 5.91 Å². The molecule has 2 rings (SSSR count). The second-order valence-electron chi connectivity index (χ2n) is 5.22. The lowest BCUT2D eigenvalue weighted by atomic mass is 9.91. The Balaban J connectivity index is 1.68. The van der Waals surface area contributed by atoms with Crippen LogP contribution in [0.2, 0.25) is 0 Å². The van der Waals surface area contributed by atoms with E-state index in [0.29, 0.717) is 25.1 Å². The van der Waals surface area contributed by atoms with Gasteiger partial charge in [-0.05, 0) is 37.8 Å². The molecule has 0 unspecified atom stereocenters. The molecule has 2 N–H and O–H groups in total. The zero-order valence-electron chi connectivity index (χ0n) is 12.0. The predicted octanol–water partition coefficient (Wildman–Crippen LogP) is 1.96. The van der Waals surface area contributed by atoms with Crippen LogP contribution in [0.4, 0.5) is 5.82 Å². The molecule has 0 saturated heterocycles. The molecule has 0 aliphatic heterocycles. The van der Waals surface area contributed by atoms with Gasteiger partial charge < -0.3 is 15.4 Å². The van der Waals surface area contributed by atoms with Crippen LogP contribution in [-0.4, -0.2) is 36.7 Å². The molecule has 5 heteroatoms. The number of ether oxygens (including phenoxy) is 1. The highest BCUT2D eigenvalue weighted by molar-refractivity contribution is 5.76. The van der Waals surface area contributed by atoms with E-state index in [9.17, 15) is 4.79 Å². The van der Waals surface area contributed by atoms with Gasteiger partial charge in [0.15, 0.2) is 0 Å². The SMILES string of the molecule is COCCC(=O)NC1CCC(Nc2ccccn2)CC1. The van der Waals surface area contributed by atoms with Gasteiger partial charge in [0.25, 0.3) is 0 Å². The normalized spacial score (nSPS) is 22.2. The van der Waals surface area contributed by atoms with E-state index in [-0.39, 0.29) is 5.91 Å². The van der Waals surface area contributed by atoms with Crippen molar-refractivity contribution in [3.63, 3.8) is 0 Å². The fraction of sp³-hybridized carbons (Fsp3) is 0.600. The minimum absolute atomic E-state index is 0.0907. The van der Waals surface area contributed by atoms with Crippen molar-refractivity contribution in [2.24, 2.45) is 0 Å². The number of pyridine rings is 1. The van der Waals surface area contributed by atoms with Crippen LogP contribution in [0, 0.1) is 0 Å². The number of nitrogens with zero attached hydrogens (tertiary/aromatic N) is 1. The standard InChI is InChI=1S/C15H23N3O2/c1-20-11-9-15(19)18-13-7-5-12(6-8-13)17-14-4-2-3-10-16-14/h2-4,10,12-13H,5-9,11H2,1H3,(H,16,17)(H,18,19). The minimum Gasteiger partial charge on any atom is -0.384 e. The number of hydrogen-bond acceptors (Lipinski definition) is 4. The quantitative estimate of drug-likeness (QED) is 0.834. The molecule has 1 aliphatic rings. The van der Waals surface area contributed by atoms with E-state index in [1.165, 1.54) is 0 Å². The van der Waals surface area contributed by atoms with Gasteiger partial charge in [-0.2, -0.15) is 0 Å². The second-order valence-corrected chi connectivity index (χ2v) is 5.22. The van der Waals surface area contributed by atoms with Crippen molar-refractivity contribution in [2.45, 2.75) is 44.2 Å². The fourth-order valence-corrected chi connectivity index (χ4v) is 2.53. The summed E-state index contributed by atoms with van der Waals surface area (Å²) in [5.74, 6) is 1.02. The van der Waals surface area contributed by atoms with Crippen LogP contribution in [0.5, 0.6) is 0 Å². The molecular weight excluding hydrogens is 254 g/mol. The maximum Gasteiger partial charge on any atom is 0.222 e. The Hall–Kier alpha value is -1.62. The highest BCUT2D eigenvalue weighted by Crippen LogP contribution is 2.21. The predicted molar refractivity (Wildman–Crippen MR) is 78.5 cm³/mol. The molecule has 1 amide bonds. The highest BCUT2D eigenvalue weighted by atomic mass is 16.5. The van der Waals surface area contributed by atoms with E-state index in [1.807, 2.05) is 18.2 Å². The van der Waals surface area contributed by atoms with Crippen LogP contribution in [-0.2, 0) is 9.53 Å². The molecule has 1 saturated carbocycles. The molecule has 1 aliphatic carbocycles.